The summed E-state index contributed by atoms with van der Waals surface area (Å²) < 4.78 is 25.4. The Labute approximate surface area is 111 Å². The molecule has 0 radical (unpaired) electrons. The van der Waals surface area contributed by atoms with E-state index >= 15 is 0 Å². The molecule has 0 bridgehead atoms. The van der Waals surface area contributed by atoms with E-state index in [4.69, 9.17) is 0 Å². The largest absolute Gasteiger partial charge is 0.242 e. The van der Waals surface area contributed by atoms with E-state index in [1.807, 2.05) is 12.1 Å². The molecule has 0 heterocycles. The van der Waals surface area contributed by atoms with Crippen LogP contribution in [-0.2, 0) is 22.9 Å². The molecule has 0 saturated carbocycles. The van der Waals surface area contributed by atoms with Crippen LogP contribution in [0.4, 0.5) is 0 Å². The average Bonchev–Trinajstić information content (AvgIpc) is 2.27. The summed E-state index contributed by atoms with van der Waals surface area (Å²) in [5.74, 6) is 0.521. The van der Waals surface area contributed by atoms with Gasteiger partial charge in [0, 0.05) is 14.1 Å². The number of benzene rings is 1. The van der Waals surface area contributed by atoms with Crippen molar-refractivity contribution >= 4 is 10.0 Å². The van der Waals surface area contributed by atoms with Gasteiger partial charge < -0.3 is 0 Å². The quantitative estimate of drug-likeness (QED) is 0.824. The maximum Gasteiger partial charge on any atom is 0.242 e. The molecule has 0 fully saturated rings. The van der Waals surface area contributed by atoms with Crippen molar-refractivity contribution in [3.63, 3.8) is 0 Å². The topological polar surface area (TPSA) is 37.4 Å². The molecule has 0 N–H and O–H groups in total. The standard InChI is InChI=1S/C14H23NO2S/c1-6-12-7-8-14(18(16,17)15(4)5)10-13(12)9-11(2)3/h7-8,10-11H,6,9H2,1-5H3. The minimum Gasteiger partial charge on any atom is -0.207 e. The molecule has 0 atom stereocenters. The fraction of sp³-hybridized carbons (Fsp3) is 0.571. The smallest absolute Gasteiger partial charge is 0.207 e. The maximum atomic E-state index is 12.1. The molecule has 0 aliphatic heterocycles. The van der Waals surface area contributed by atoms with Crippen molar-refractivity contribution in [2.45, 2.75) is 38.5 Å². The van der Waals surface area contributed by atoms with Gasteiger partial charge in [0.2, 0.25) is 10.0 Å². The van der Waals surface area contributed by atoms with Crippen molar-refractivity contribution in [3.05, 3.63) is 29.3 Å². The van der Waals surface area contributed by atoms with Gasteiger partial charge in [-0.1, -0.05) is 26.8 Å². The molecule has 102 valence electrons. The van der Waals surface area contributed by atoms with Crippen LogP contribution in [-0.4, -0.2) is 26.8 Å². The minimum absolute atomic E-state index is 0.389. The second-order valence-corrected chi connectivity index (χ2v) is 7.32. The Balaban J connectivity index is 3.26. The second kappa shape index (κ2) is 5.85. The molecule has 0 aromatic heterocycles. The highest BCUT2D eigenvalue weighted by molar-refractivity contribution is 7.89. The molecule has 0 aliphatic carbocycles. The van der Waals surface area contributed by atoms with Crippen LogP contribution < -0.4 is 0 Å². The Hall–Kier alpha value is -0.870. The van der Waals surface area contributed by atoms with Gasteiger partial charge in [-0.15, -0.1) is 0 Å². The van der Waals surface area contributed by atoms with Gasteiger partial charge in [0.1, 0.15) is 0 Å². The van der Waals surface area contributed by atoms with Crippen LogP contribution >= 0.6 is 0 Å². The van der Waals surface area contributed by atoms with Crippen LogP contribution in [0.2, 0.25) is 0 Å². The molecule has 1 rings (SSSR count). The maximum absolute atomic E-state index is 12.1. The summed E-state index contributed by atoms with van der Waals surface area (Å²) in [5, 5.41) is 0. The Morgan fingerprint density at radius 1 is 1.17 bits per heavy atom. The highest BCUT2D eigenvalue weighted by atomic mass is 32.2. The van der Waals surface area contributed by atoms with Gasteiger partial charge in [0.25, 0.3) is 0 Å². The van der Waals surface area contributed by atoms with E-state index < -0.39 is 10.0 Å². The molecule has 4 heteroatoms. The lowest BCUT2D eigenvalue weighted by Crippen LogP contribution is -2.22. The van der Waals surface area contributed by atoms with Gasteiger partial charge >= 0.3 is 0 Å². The second-order valence-electron chi connectivity index (χ2n) is 5.17. The number of rotatable bonds is 5. The van der Waals surface area contributed by atoms with Gasteiger partial charge in [0.05, 0.1) is 4.90 Å². The number of hydrogen-bond acceptors (Lipinski definition) is 2. The summed E-state index contributed by atoms with van der Waals surface area (Å²) in [6, 6.07) is 5.47. The monoisotopic (exact) mass is 269 g/mol. The lowest BCUT2D eigenvalue weighted by atomic mass is 9.97. The molecule has 1 aromatic carbocycles. The van der Waals surface area contributed by atoms with Crippen molar-refractivity contribution in [1.29, 1.82) is 0 Å². The summed E-state index contributed by atoms with van der Waals surface area (Å²) in [6.07, 6.45) is 1.85. The third-order valence-corrected chi connectivity index (χ3v) is 4.78. The van der Waals surface area contributed by atoms with Crippen LogP contribution in [0.15, 0.2) is 23.1 Å². The molecule has 3 nitrogen and oxygen atoms in total. The van der Waals surface area contributed by atoms with E-state index in [2.05, 4.69) is 20.8 Å². The van der Waals surface area contributed by atoms with Crippen LogP contribution in [0, 0.1) is 5.92 Å². The van der Waals surface area contributed by atoms with Crippen molar-refractivity contribution < 1.29 is 8.42 Å². The van der Waals surface area contributed by atoms with Gasteiger partial charge in [-0.2, -0.15) is 0 Å². The Kier molecular flexibility index (Phi) is 4.93. The highest BCUT2D eigenvalue weighted by Gasteiger charge is 2.18. The lowest BCUT2D eigenvalue weighted by molar-refractivity contribution is 0.520. The van der Waals surface area contributed by atoms with E-state index in [0.717, 1.165) is 18.4 Å². The van der Waals surface area contributed by atoms with Crippen LogP contribution in [0.25, 0.3) is 0 Å². The molecule has 0 spiro atoms. The summed E-state index contributed by atoms with van der Waals surface area (Å²) in [7, 11) is -0.205. The van der Waals surface area contributed by atoms with E-state index in [-0.39, 0.29) is 0 Å². The summed E-state index contributed by atoms with van der Waals surface area (Å²) in [4.78, 5) is 0.389. The lowest BCUT2D eigenvalue weighted by Gasteiger charge is -2.15. The molecule has 0 unspecified atom stereocenters. The predicted octanol–water partition coefficient (Wildman–Crippen LogP) is 2.70. The summed E-state index contributed by atoms with van der Waals surface area (Å²) >= 11 is 0. The first-order valence-electron chi connectivity index (χ1n) is 6.33. The van der Waals surface area contributed by atoms with E-state index in [9.17, 15) is 8.42 Å². The van der Waals surface area contributed by atoms with Crippen molar-refractivity contribution in [1.82, 2.24) is 4.31 Å². The zero-order chi connectivity index (χ0) is 13.9. The molecular formula is C14H23NO2S. The van der Waals surface area contributed by atoms with E-state index in [1.165, 1.54) is 9.87 Å². The molecule has 0 aliphatic rings. The number of hydrogen-bond donors (Lipinski definition) is 0. The third kappa shape index (κ3) is 3.33. The van der Waals surface area contributed by atoms with Crippen molar-refractivity contribution in [2.24, 2.45) is 5.92 Å². The summed E-state index contributed by atoms with van der Waals surface area (Å²) in [5.41, 5.74) is 2.39. The van der Waals surface area contributed by atoms with E-state index in [0.29, 0.717) is 10.8 Å². The Morgan fingerprint density at radius 2 is 1.78 bits per heavy atom. The van der Waals surface area contributed by atoms with Crippen LogP contribution in [0.5, 0.6) is 0 Å². The zero-order valence-corrected chi connectivity index (χ0v) is 12.7. The number of nitrogens with zero attached hydrogens (tertiary/aromatic N) is 1. The third-order valence-electron chi connectivity index (χ3n) is 2.97. The van der Waals surface area contributed by atoms with Gasteiger partial charge in [-0.3, -0.25) is 0 Å². The number of aryl methyl sites for hydroxylation is 1. The Bertz CT molecular complexity index is 505. The van der Waals surface area contributed by atoms with Gasteiger partial charge in [-0.05, 0) is 42.0 Å². The molecule has 18 heavy (non-hydrogen) atoms. The van der Waals surface area contributed by atoms with Crippen molar-refractivity contribution in [3.8, 4) is 0 Å². The highest BCUT2D eigenvalue weighted by Crippen LogP contribution is 2.21. The molecule has 0 amide bonds. The predicted molar refractivity (Wildman–Crippen MR) is 75.2 cm³/mol. The number of sulfonamides is 1. The summed E-state index contributed by atoms with van der Waals surface area (Å²) in [6.45, 7) is 6.39. The first-order chi connectivity index (χ1) is 8.28. The average molecular weight is 269 g/mol. The molecule has 1 aromatic rings. The fourth-order valence-electron chi connectivity index (χ4n) is 1.95. The van der Waals surface area contributed by atoms with E-state index in [1.54, 1.807) is 20.2 Å². The molecular weight excluding hydrogens is 246 g/mol. The van der Waals surface area contributed by atoms with Gasteiger partial charge in [-0.25, -0.2) is 12.7 Å². The van der Waals surface area contributed by atoms with Gasteiger partial charge in [0.15, 0.2) is 0 Å². The normalized spacial score (nSPS) is 12.4. The fourth-order valence-corrected chi connectivity index (χ4v) is 2.90. The SMILES string of the molecule is CCc1ccc(S(=O)(=O)N(C)C)cc1CC(C)C. The van der Waals surface area contributed by atoms with Crippen LogP contribution in [0.1, 0.15) is 31.9 Å². The van der Waals surface area contributed by atoms with Crippen molar-refractivity contribution in [2.75, 3.05) is 14.1 Å². The minimum atomic E-state index is -3.33. The Morgan fingerprint density at radius 3 is 2.22 bits per heavy atom. The first kappa shape index (κ1) is 15.2. The first-order valence-corrected chi connectivity index (χ1v) is 7.77. The zero-order valence-electron chi connectivity index (χ0n) is 11.9. The molecule has 0 saturated heterocycles. The van der Waals surface area contributed by atoms with Crippen LogP contribution in [0.3, 0.4) is 0 Å².